The van der Waals surface area contributed by atoms with Gasteiger partial charge in [-0.05, 0) is 37.3 Å². The first-order valence-corrected chi connectivity index (χ1v) is 7.80. The number of carbonyl (C=O) groups is 1. The molecule has 24 heavy (non-hydrogen) atoms. The van der Waals surface area contributed by atoms with Crippen molar-refractivity contribution in [3.63, 3.8) is 0 Å². The number of ether oxygens (including phenoxy) is 1. The van der Waals surface area contributed by atoms with Gasteiger partial charge in [0.2, 0.25) is 5.89 Å². The van der Waals surface area contributed by atoms with Crippen molar-refractivity contribution in [2.24, 2.45) is 0 Å². The van der Waals surface area contributed by atoms with Crippen LogP contribution in [0.5, 0.6) is 0 Å². The summed E-state index contributed by atoms with van der Waals surface area (Å²) in [5.41, 5.74) is 2.19. The molecular weight excluding hydrogens is 351 g/mol. The molecule has 0 aliphatic heterocycles. The number of benzene rings is 2. The Labute approximate surface area is 148 Å². The Morgan fingerprint density at radius 2 is 1.96 bits per heavy atom. The molecule has 0 saturated heterocycles. The standard InChI is InChI=1S/C17H12Cl2N2O3/c1-10-3-2-4-11(7-10)16-21-20-15(24-16)9-23-17(22)12-5-6-13(18)14(19)8-12/h2-8H,9H2,1H3. The summed E-state index contributed by atoms with van der Waals surface area (Å²) in [4.78, 5) is 12.0. The van der Waals surface area contributed by atoms with Crippen LogP contribution in [0.15, 0.2) is 46.9 Å². The Hall–Kier alpha value is -2.37. The summed E-state index contributed by atoms with van der Waals surface area (Å²) in [6.07, 6.45) is 0. The van der Waals surface area contributed by atoms with Crippen molar-refractivity contribution >= 4 is 29.2 Å². The third-order valence-electron chi connectivity index (χ3n) is 3.21. The molecule has 122 valence electrons. The van der Waals surface area contributed by atoms with Crippen molar-refractivity contribution in [3.8, 4) is 11.5 Å². The van der Waals surface area contributed by atoms with E-state index >= 15 is 0 Å². The van der Waals surface area contributed by atoms with Crippen LogP contribution in [0.4, 0.5) is 0 Å². The van der Waals surface area contributed by atoms with Crippen molar-refractivity contribution in [1.29, 1.82) is 0 Å². The first-order chi connectivity index (χ1) is 11.5. The van der Waals surface area contributed by atoms with Gasteiger partial charge in [0.1, 0.15) is 0 Å². The number of aryl methyl sites for hydroxylation is 1. The average Bonchev–Trinajstić information content (AvgIpc) is 3.04. The first-order valence-electron chi connectivity index (χ1n) is 7.04. The number of hydrogen-bond acceptors (Lipinski definition) is 5. The van der Waals surface area contributed by atoms with E-state index in [0.717, 1.165) is 11.1 Å². The number of hydrogen-bond donors (Lipinski definition) is 0. The van der Waals surface area contributed by atoms with Gasteiger partial charge in [0, 0.05) is 5.56 Å². The maximum atomic E-state index is 12.0. The van der Waals surface area contributed by atoms with Crippen LogP contribution >= 0.6 is 23.2 Å². The van der Waals surface area contributed by atoms with Gasteiger partial charge in [0.15, 0.2) is 6.61 Å². The Bertz CT molecular complexity index is 893. The molecule has 3 rings (SSSR count). The molecule has 0 N–H and O–H groups in total. The summed E-state index contributed by atoms with van der Waals surface area (Å²) in [5.74, 6) is 0.0306. The molecule has 3 aromatic rings. The zero-order valence-electron chi connectivity index (χ0n) is 12.6. The second-order valence-corrected chi connectivity index (χ2v) is 5.89. The van der Waals surface area contributed by atoms with E-state index in [-0.39, 0.29) is 17.5 Å². The highest BCUT2D eigenvalue weighted by atomic mass is 35.5. The van der Waals surface area contributed by atoms with E-state index in [4.69, 9.17) is 32.4 Å². The number of nitrogens with zero attached hydrogens (tertiary/aromatic N) is 2. The number of aromatic nitrogens is 2. The number of esters is 1. The monoisotopic (exact) mass is 362 g/mol. The van der Waals surface area contributed by atoms with Crippen molar-refractivity contribution in [2.75, 3.05) is 0 Å². The normalized spacial score (nSPS) is 10.6. The summed E-state index contributed by atoms with van der Waals surface area (Å²) in [7, 11) is 0. The lowest BCUT2D eigenvalue weighted by Crippen LogP contribution is -2.05. The van der Waals surface area contributed by atoms with Crippen LogP contribution in [0.25, 0.3) is 11.5 Å². The smallest absolute Gasteiger partial charge is 0.338 e. The van der Waals surface area contributed by atoms with Crippen LogP contribution in [0.2, 0.25) is 10.0 Å². The van der Waals surface area contributed by atoms with Gasteiger partial charge in [0.25, 0.3) is 5.89 Å². The molecule has 5 nitrogen and oxygen atoms in total. The minimum absolute atomic E-state index is 0.127. The first kappa shape index (κ1) is 16.5. The molecule has 0 unspecified atom stereocenters. The SMILES string of the molecule is Cc1cccc(-c2nnc(COC(=O)c3ccc(Cl)c(Cl)c3)o2)c1. The second kappa shape index (κ2) is 7.03. The molecule has 0 fully saturated rings. The van der Waals surface area contributed by atoms with Crippen LogP contribution < -0.4 is 0 Å². The summed E-state index contributed by atoms with van der Waals surface area (Å²) in [6, 6.07) is 12.2. The predicted octanol–water partition coefficient (Wildman–Crippen LogP) is 4.71. The molecule has 0 atom stereocenters. The molecule has 0 saturated carbocycles. The number of halogens is 2. The lowest BCUT2D eigenvalue weighted by Gasteiger charge is -2.03. The van der Waals surface area contributed by atoms with E-state index in [1.165, 1.54) is 18.2 Å². The molecule has 0 amide bonds. The molecule has 0 radical (unpaired) electrons. The molecular formula is C17H12Cl2N2O3. The lowest BCUT2D eigenvalue weighted by molar-refractivity contribution is 0.0438. The van der Waals surface area contributed by atoms with Gasteiger partial charge in [0.05, 0.1) is 15.6 Å². The van der Waals surface area contributed by atoms with E-state index in [1.807, 2.05) is 31.2 Å². The van der Waals surface area contributed by atoms with Gasteiger partial charge < -0.3 is 9.15 Å². The fourth-order valence-corrected chi connectivity index (χ4v) is 2.34. The van der Waals surface area contributed by atoms with Gasteiger partial charge in [-0.25, -0.2) is 4.79 Å². The topological polar surface area (TPSA) is 65.2 Å². The van der Waals surface area contributed by atoms with Gasteiger partial charge >= 0.3 is 5.97 Å². The Kier molecular flexibility index (Phi) is 4.83. The van der Waals surface area contributed by atoms with E-state index in [2.05, 4.69) is 10.2 Å². The van der Waals surface area contributed by atoms with Crippen LogP contribution in [0, 0.1) is 6.92 Å². The fourth-order valence-electron chi connectivity index (χ4n) is 2.04. The molecule has 1 aromatic heterocycles. The molecule has 1 heterocycles. The Morgan fingerprint density at radius 1 is 1.12 bits per heavy atom. The highest BCUT2D eigenvalue weighted by Crippen LogP contribution is 2.23. The highest BCUT2D eigenvalue weighted by molar-refractivity contribution is 6.42. The van der Waals surface area contributed by atoms with Crippen molar-refractivity contribution in [2.45, 2.75) is 13.5 Å². The van der Waals surface area contributed by atoms with E-state index in [1.54, 1.807) is 0 Å². The zero-order chi connectivity index (χ0) is 17.1. The van der Waals surface area contributed by atoms with Gasteiger partial charge in [-0.15, -0.1) is 10.2 Å². The minimum atomic E-state index is -0.552. The quantitative estimate of drug-likeness (QED) is 0.628. The highest BCUT2D eigenvalue weighted by Gasteiger charge is 2.13. The van der Waals surface area contributed by atoms with Crippen LogP contribution in [0.3, 0.4) is 0 Å². The molecule has 0 spiro atoms. The molecule has 7 heteroatoms. The summed E-state index contributed by atoms with van der Waals surface area (Å²) in [5, 5.41) is 8.49. The third-order valence-corrected chi connectivity index (χ3v) is 3.95. The second-order valence-electron chi connectivity index (χ2n) is 5.08. The summed E-state index contributed by atoms with van der Waals surface area (Å²) >= 11 is 11.7. The van der Waals surface area contributed by atoms with E-state index < -0.39 is 5.97 Å². The summed E-state index contributed by atoms with van der Waals surface area (Å²) in [6.45, 7) is 1.84. The van der Waals surface area contributed by atoms with Crippen molar-refractivity contribution in [1.82, 2.24) is 10.2 Å². The van der Waals surface area contributed by atoms with Gasteiger partial charge in [-0.2, -0.15) is 0 Å². The Morgan fingerprint density at radius 3 is 2.71 bits per heavy atom. The summed E-state index contributed by atoms with van der Waals surface area (Å²) < 4.78 is 10.7. The Balaban J connectivity index is 1.67. The average molecular weight is 363 g/mol. The molecule has 2 aromatic carbocycles. The third kappa shape index (κ3) is 3.75. The van der Waals surface area contributed by atoms with Crippen LogP contribution in [-0.4, -0.2) is 16.2 Å². The van der Waals surface area contributed by atoms with Gasteiger partial charge in [-0.1, -0.05) is 40.9 Å². The minimum Gasteiger partial charge on any atom is -0.452 e. The van der Waals surface area contributed by atoms with Crippen LogP contribution in [0.1, 0.15) is 21.8 Å². The van der Waals surface area contributed by atoms with Crippen molar-refractivity contribution in [3.05, 3.63) is 69.5 Å². The fraction of sp³-hybridized carbons (Fsp3) is 0.118. The lowest BCUT2D eigenvalue weighted by atomic mass is 10.1. The van der Waals surface area contributed by atoms with E-state index in [0.29, 0.717) is 16.5 Å². The zero-order valence-corrected chi connectivity index (χ0v) is 14.1. The predicted molar refractivity (Wildman–Crippen MR) is 90.1 cm³/mol. The van der Waals surface area contributed by atoms with Crippen molar-refractivity contribution < 1.29 is 13.9 Å². The largest absolute Gasteiger partial charge is 0.452 e. The molecule has 0 bridgehead atoms. The number of carbonyl (C=O) groups excluding carboxylic acids is 1. The van der Waals surface area contributed by atoms with Crippen LogP contribution in [-0.2, 0) is 11.3 Å². The maximum Gasteiger partial charge on any atom is 0.338 e. The maximum absolute atomic E-state index is 12.0. The van der Waals surface area contributed by atoms with Gasteiger partial charge in [-0.3, -0.25) is 0 Å². The molecule has 0 aliphatic carbocycles. The van der Waals surface area contributed by atoms with E-state index in [9.17, 15) is 4.79 Å². The molecule has 0 aliphatic rings. The number of rotatable bonds is 4.